The lowest BCUT2D eigenvalue weighted by Gasteiger charge is -2.13. The van der Waals surface area contributed by atoms with Gasteiger partial charge in [0.15, 0.2) is 0 Å². The number of hydrogen-bond donors (Lipinski definition) is 0. The maximum atomic E-state index is 12.1. The molecule has 0 atom stereocenters. The van der Waals surface area contributed by atoms with Gasteiger partial charge >= 0.3 is 5.63 Å². The molecule has 0 saturated heterocycles. The van der Waals surface area contributed by atoms with Gasteiger partial charge in [-0.05, 0) is 46.9 Å². The van der Waals surface area contributed by atoms with E-state index >= 15 is 0 Å². The van der Waals surface area contributed by atoms with Crippen LogP contribution in [0.25, 0.3) is 22.1 Å². The van der Waals surface area contributed by atoms with E-state index in [0.29, 0.717) is 12.2 Å². The number of hydrogen-bond acceptors (Lipinski definition) is 3. The lowest BCUT2D eigenvalue weighted by atomic mass is 9.99. The zero-order valence-electron chi connectivity index (χ0n) is 15.4. The van der Waals surface area contributed by atoms with E-state index in [1.54, 1.807) is 6.07 Å². The van der Waals surface area contributed by atoms with Gasteiger partial charge in [0.25, 0.3) is 0 Å². The average Bonchev–Trinajstić information content (AvgIpc) is 2.72. The minimum absolute atomic E-state index is 0.366. The summed E-state index contributed by atoms with van der Waals surface area (Å²) < 4.78 is 12.6. The SMILES string of the molecule is CCc1cc2c(-c3ccccc3)cc(=O)oc2cc1OCc1ccc(Br)cc1. The predicted octanol–water partition coefficient (Wildman–Crippen LogP) is 6.36. The van der Waals surface area contributed by atoms with Crippen molar-refractivity contribution in [3.05, 3.63) is 98.8 Å². The molecule has 0 radical (unpaired) electrons. The maximum absolute atomic E-state index is 12.1. The molecule has 0 amide bonds. The van der Waals surface area contributed by atoms with Crippen LogP contribution in [-0.2, 0) is 13.0 Å². The molecule has 140 valence electrons. The quantitative estimate of drug-likeness (QED) is 0.342. The molecule has 4 aromatic rings. The van der Waals surface area contributed by atoms with E-state index in [-0.39, 0.29) is 5.63 Å². The fraction of sp³-hybridized carbons (Fsp3) is 0.125. The monoisotopic (exact) mass is 434 g/mol. The van der Waals surface area contributed by atoms with Crippen molar-refractivity contribution in [3.8, 4) is 16.9 Å². The first-order valence-corrected chi connectivity index (χ1v) is 9.97. The average molecular weight is 435 g/mol. The number of fused-ring (bicyclic) bond motifs is 1. The summed E-state index contributed by atoms with van der Waals surface area (Å²) in [7, 11) is 0. The van der Waals surface area contributed by atoms with Gasteiger partial charge in [0.05, 0.1) is 0 Å². The predicted molar refractivity (Wildman–Crippen MR) is 116 cm³/mol. The summed E-state index contributed by atoms with van der Waals surface area (Å²) >= 11 is 3.44. The molecule has 3 nitrogen and oxygen atoms in total. The van der Waals surface area contributed by atoms with Gasteiger partial charge in [0.2, 0.25) is 0 Å². The minimum atomic E-state index is -0.366. The maximum Gasteiger partial charge on any atom is 0.336 e. The molecular formula is C24H19BrO3. The smallest absolute Gasteiger partial charge is 0.336 e. The van der Waals surface area contributed by atoms with E-state index in [9.17, 15) is 4.79 Å². The zero-order valence-corrected chi connectivity index (χ0v) is 17.0. The fourth-order valence-corrected chi connectivity index (χ4v) is 3.51. The molecule has 0 fully saturated rings. The van der Waals surface area contributed by atoms with E-state index in [2.05, 4.69) is 28.9 Å². The van der Waals surface area contributed by atoms with Crippen LogP contribution in [0.2, 0.25) is 0 Å². The van der Waals surface area contributed by atoms with Crippen molar-refractivity contribution < 1.29 is 9.15 Å². The number of ether oxygens (including phenoxy) is 1. The van der Waals surface area contributed by atoms with Crippen molar-refractivity contribution >= 4 is 26.9 Å². The minimum Gasteiger partial charge on any atom is -0.488 e. The topological polar surface area (TPSA) is 39.4 Å². The normalized spacial score (nSPS) is 10.9. The van der Waals surface area contributed by atoms with E-state index < -0.39 is 0 Å². The van der Waals surface area contributed by atoms with Crippen LogP contribution in [-0.4, -0.2) is 0 Å². The number of aryl methyl sites for hydroxylation is 1. The zero-order chi connectivity index (χ0) is 19.5. The second-order valence-corrected chi connectivity index (χ2v) is 7.49. The van der Waals surface area contributed by atoms with Crippen LogP contribution in [0.4, 0.5) is 0 Å². The van der Waals surface area contributed by atoms with Gasteiger partial charge in [-0.3, -0.25) is 0 Å². The molecule has 4 rings (SSSR count). The van der Waals surface area contributed by atoms with Crippen LogP contribution in [0, 0.1) is 0 Å². The van der Waals surface area contributed by atoms with E-state index in [1.807, 2.05) is 60.7 Å². The highest BCUT2D eigenvalue weighted by molar-refractivity contribution is 9.10. The third-order valence-corrected chi connectivity index (χ3v) is 5.23. The third kappa shape index (κ3) is 3.87. The molecule has 1 heterocycles. The summed E-state index contributed by atoms with van der Waals surface area (Å²) in [6.07, 6.45) is 0.818. The van der Waals surface area contributed by atoms with Gasteiger partial charge in [-0.15, -0.1) is 0 Å². The first kappa shape index (κ1) is 18.5. The van der Waals surface area contributed by atoms with Crippen molar-refractivity contribution in [1.82, 2.24) is 0 Å². The Morgan fingerprint density at radius 3 is 2.43 bits per heavy atom. The Hall–Kier alpha value is -2.85. The van der Waals surface area contributed by atoms with Gasteiger partial charge in [0, 0.05) is 22.0 Å². The second kappa shape index (κ2) is 8.03. The Morgan fingerprint density at radius 1 is 0.964 bits per heavy atom. The van der Waals surface area contributed by atoms with Crippen LogP contribution in [0.3, 0.4) is 0 Å². The Bertz CT molecular complexity index is 1160. The first-order valence-electron chi connectivity index (χ1n) is 9.17. The summed E-state index contributed by atoms with van der Waals surface area (Å²) in [5.41, 5.74) is 4.19. The summed E-state index contributed by atoms with van der Waals surface area (Å²) in [5, 5.41) is 0.915. The molecule has 4 heteroatoms. The molecule has 0 bridgehead atoms. The highest BCUT2D eigenvalue weighted by Gasteiger charge is 2.13. The Labute approximate surface area is 171 Å². The van der Waals surface area contributed by atoms with Crippen LogP contribution >= 0.6 is 15.9 Å². The highest BCUT2D eigenvalue weighted by atomic mass is 79.9. The first-order chi connectivity index (χ1) is 13.6. The molecule has 0 saturated carbocycles. The lowest BCUT2D eigenvalue weighted by molar-refractivity contribution is 0.303. The van der Waals surface area contributed by atoms with Crippen LogP contribution < -0.4 is 10.4 Å². The summed E-state index contributed by atoms with van der Waals surface area (Å²) in [6.45, 7) is 2.54. The molecule has 0 spiro atoms. The van der Waals surface area contributed by atoms with Crippen molar-refractivity contribution in [3.63, 3.8) is 0 Å². The molecule has 0 aliphatic carbocycles. The highest BCUT2D eigenvalue weighted by Crippen LogP contribution is 2.33. The second-order valence-electron chi connectivity index (χ2n) is 6.57. The Balaban J connectivity index is 1.76. The van der Waals surface area contributed by atoms with Gasteiger partial charge in [-0.25, -0.2) is 4.79 Å². The number of benzene rings is 3. The van der Waals surface area contributed by atoms with E-state index in [4.69, 9.17) is 9.15 Å². The molecule has 0 N–H and O–H groups in total. The molecule has 1 aromatic heterocycles. The summed E-state index contributed by atoms with van der Waals surface area (Å²) in [6, 6.07) is 23.4. The Morgan fingerprint density at radius 2 is 1.71 bits per heavy atom. The van der Waals surface area contributed by atoms with Crippen LogP contribution in [0.1, 0.15) is 18.1 Å². The van der Waals surface area contributed by atoms with Gasteiger partial charge in [-0.1, -0.05) is 65.3 Å². The molecule has 0 unspecified atom stereocenters. The molecular weight excluding hydrogens is 416 g/mol. The van der Waals surface area contributed by atoms with Crippen molar-refractivity contribution in [2.45, 2.75) is 20.0 Å². The van der Waals surface area contributed by atoms with Crippen molar-refractivity contribution in [2.24, 2.45) is 0 Å². The largest absolute Gasteiger partial charge is 0.488 e. The standard InChI is InChI=1S/C24H19BrO3/c1-2-17-12-21-20(18-6-4-3-5-7-18)13-24(26)28-23(21)14-22(17)27-15-16-8-10-19(25)11-9-16/h3-14H,2,15H2,1H3. The van der Waals surface area contributed by atoms with E-state index in [1.165, 1.54) is 0 Å². The number of rotatable bonds is 5. The van der Waals surface area contributed by atoms with Crippen molar-refractivity contribution in [2.75, 3.05) is 0 Å². The van der Waals surface area contributed by atoms with Crippen LogP contribution in [0.15, 0.2) is 86.5 Å². The molecule has 0 aliphatic rings. The van der Waals surface area contributed by atoms with E-state index in [0.717, 1.165) is 44.3 Å². The molecule has 0 aliphatic heterocycles. The molecule has 3 aromatic carbocycles. The van der Waals surface area contributed by atoms with Gasteiger partial charge in [0.1, 0.15) is 17.9 Å². The summed E-state index contributed by atoms with van der Waals surface area (Å²) in [5.74, 6) is 0.742. The summed E-state index contributed by atoms with van der Waals surface area (Å²) in [4.78, 5) is 12.1. The Kier molecular flexibility index (Phi) is 5.31. The fourth-order valence-electron chi connectivity index (χ4n) is 3.24. The number of halogens is 1. The molecule has 28 heavy (non-hydrogen) atoms. The van der Waals surface area contributed by atoms with Crippen molar-refractivity contribution in [1.29, 1.82) is 0 Å². The van der Waals surface area contributed by atoms with Crippen LogP contribution in [0.5, 0.6) is 5.75 Å². The third-order valence-electron chi connectivity index (χ3n) is 4.70. The van der Waals surface area contributed by atoms with Gasteiger partial charge < -0.3 is 9.15 Å². The van der Waals surface area contributed by atoms with Gasteiger partial charge in [-0.2, -0.15) is 0 Å². The lowest BCUT2D eigenvalue weighted by Crippen LogP contribution is -2.02.